The molecular weight excluding hydrogens is 448 g/mol. The zero-order chi connectivity index (χ0) is 24.4. The Kier molecular flexibility index (Phi) is 6.47. The van der Waals surface area contributed by atoms with Gasteiger partial charge in [0, 0.05) is 18.5 Å². The van der Waals surface area contributed by atoms with Crippen LogP contribution in [0.2, 0.25) is 0 Å². The topological polar surface area (TPSA) is 105 Å². The maximum absolute atomic E-state index is 12.6. The lowest BCUT2D eigenvalue weighted by atomic mass is 9.88. The Balaban J connectivity index is 1.02. The molecule has 0 saturated carbocycles. The maximum Gasteiger partial charge on any atom is 0.407 e. The van der Waals surface area contributed by atoms with E-state index in [2.05, 4.69) is 29.6 Å². The highest BCUT2D eigenvalue weighted by Gasteiger charge is 2.58. The highest BCUT2D eigenvalue weighted by atomic mass is 16.5. The van der Waals surface area contributed by atoms with Crippen LogP contribution in [-0.2, 0) is 19.1 Å². The summed E-state index contributed by atoms with van der Waals surface area (Å²) in [6.45, 7) is 0.933. The number of benzene rings is 2. The number of fused-ring (bicyclic) bond motifs is 5. The molecule has 0 aromatic heterocycles. The first kappa shape index (κ1) is 23.4. The van der Waals surface area contributed by atoms with E-state index in [0.29, 0.717) is 12.8 Å². The standard InChI is InChI=1S/C27H30N2O6/c30-24(29-18-9-12-27(29,13-10-18)25(31)32)11-15-34-16-14-28-26(33)35-17-23-21-7-3-1-5-19(21)20-6-2-4-8-22(20)23/h1-8,18,23H,9-17H2,(H,28,33)(H,31,32). The number of hydrogen-bond acceptors (Lipinski definition) is 5. The molecule has 0 unspecified atom stereocenters. The fourth-order valence-corrected chi connectivity index (χ4v) is 5.94. The van der Waals surface area contributed by atoms with Gasteiger partial charge >= 0.3 is 12.1 Å². The van der Waals surface area contributed by atoms with Gasteiger partial charge in [0.05, 0.1) is 19.6 Å². The van der Waals surface area contributed by atoms with Gasteiger partial charge in [-0.2, -0.15) is 0 Å². The number of rotatable bonds is 9. The molecule has 2 aromatic carbocycles. The van der Waals surface area contributed by atoms with E-state index in [4.69, 9.17) is 9.47 Å². The largest absolute Gasteiger partial charge is 0.479 e. The first-order chi connectivity index (χ1) is 17.0. The molecule has 35 heavy (non-hydrogen) atoms. The lowest BCUT2D eigenvalue weighted by Crippen LogP contribution is -2.51. The summed E-state index contributed by atoms with van der Waals surface area (Å²) in [4.78, 5) is 38.2. The summed E-state index contributed by atoms with van der Waals surface area (Å²) >= 11 is 0. The summed E-state index contributed by atoms with van der Waals surface area (Å²) in [6.07, 6.45) is 2.19. The van der Waals surface area contributed by atoms with Gasteiger partial charge in [-0.05, 0) is 47.9 Å². The summed E-state index contributed by atoms with van der Waals surface area (Å²) in [7, 11) is 0. The number of alkyl carbamates (subject to hydrolysis) is 1. The molecule has 184 valence electrons. The van der Waals surface area contributed by atoms with Gasteiger partial charge in [-0.15, -0.1) is 0 Å². The number of carboxylic acids is 1. The van der Waals surface area contributed by atoms with Crippen LogP contribution in [0.25, 0.3) is 11.1 Å². The number of aliphatic carboxylic acids is 1. The average Bonchev–Trinajstić information content (AvgIpc) is 3.54. The minimum Gasteiger partial charge on any atom is -0.479 e. The summed E-state index contributed by atoms with van der Waals surface area (Å²) in [5.41, 5.74) is 3.65. The number of carbonyl (C=O) groups is 3. The number of carbonyl (C=O) groups excluding carboxylic acids is 2. The van der Waals surface area contributed by atoms with Crippen LogP contribution in [0.1, 0.15) is 49.1 Å². The predicted molar refractivity (Wildman–Crippen MR) is 128 cm³/mol. The molecule has 8 heteroatoms. The van der Waals surface area contributed by atoms with Crippen molar-refractivity contribution in [2.45, 2.75) is 49.6 Å². The predicted octanol–water partition coefficient (Wildman–Crippen LogP) is 3.54. The summed E-state index contributed by atoms with van der Waals surface area (Å²) in [5, 5.41) is 12.3. The lowest BCUT2D eigenvalue weighted by Gasteiger charge is -2.30. The number of hydrogen-bond donors (Lipinski definition) is 2. The van der Waals surface area contributed by atoms with Crippen LogP contribution in [-0.4, -0.2) is 65.9 Å². The van der Waals surface area contributed by atoms with Crippen LogP contribution in [0, 0.1) is 0 Å². The van der Waals surface area contributed by atoms with Crippen molar-refractivity contribution in [1.82, 2.24) is 10.2 Å². The fourth-order valence-electron chi connectivity index (χ4n) is 5.94. The van der Waals surface area contributed by atoms with Crippen LogP contribution in [0.4, 0.5) is 4.79 Å². The third kappa shape index (κ3) is 4.27. The van der Waals surface area contributed by atoms with Crippen molar-refractivity contribution in [1.29, 1.82) is 0 Å². The second-order valence-electron chi connectivity index (χ2n) is 9.45. The Hall–Kier alpha value is -3.39. The van der Waals surface area contributed by atoms with Crippen LogP contribution in [0.5, 0.6) is 0 Å². The second-order valence-corrected chi connectivity index (χ2v) is 9.45. The van der Waals surface area contributed by atoms with E-state index in [1.165, 1.54) is 11.1 Å². The number of nitrogens with one attached hydrogen (secondary N) is 1. The van der Waals surface area contributed by atoms with E-state index in [0.717, 1.165) is 24.0 Å². The van der Waals surface area contributed by atoms with Gasteiger partial charge in [-0.25, -0.2) is 9.59 Å². The molecule has 2 amide bonds. The highest BCUT2D eigenvalue weighted by molar-refractivity contribution is 5.89. The second kappa shape index (κ2) is 9.70. The molecular formula is C27H30N2O6. The van der Waals surface area contributed by atoms with E-state index in [1.807, 2.05) is 24.3 Å². The Bertz CT molecular complexity index is 1080. The third-order valence-corrected chi connectivity index (χ3v) is 7.60. The Morgan fingerprint density at radius 3 is 2.23 bits per heavy atom. The molecule has 2 heterocycles. The van der Waals surface area contributed by atoms with Crippen molar-refractivity contribution in [3.63, 3.8) is 0 Å². The highest BCUT2D eigenvalue weighted by Crippen LogP contribution is 2.47. The van der Waals surface area contributed by atoms with E-state index in [1.54, 1.807) is 4.90 Å². The lowest BCUT2D eigenvalue weighted by molar-refractivity contribution is -0.155. The SMILES string of the molecule is O=C(NCCOCCC(=O)N1C2CCC1(C(=O)O)CC2)OCC1c2ccccc2-c2ccccc21. The van der Waals surface area contributed by atoms with E-state index in [-0.39, 0.29) is 50.7 Å². The van der Waals surface area contributed by atoms with Gasteiger partial charge in [-0.3, -0.25) is 4.79 Å². The Morgan fingerprint density at radius 2 is 1.60 bits per heavy atom. The van der Waals surface area contributed by atoms with Crippen LogP contribution < -0.4 is 5.32 Å². The molecule has 2 bridgehead atoms. The minimum absolute atomic E-state index is 0.00499. The summed E-state index contributed by atoms with van der Waals surface area (Å²) in [5.74, 6) is -1.07. The molecule has 2 fully saturated rings. The van der Waals surface area contributed by atoms with Gasteiger partial charge in [-0.1, -0.05) is 48.5 Å². The van der Waals surface area contributed by atoms with E-state index in [9.17, 15) is 19.5 Å². The van der Waals surface area contributed by atoms with E-state index >= 15 is 0 Å². The van der Waals surface area contributed by atoms with Crippen molar-refractivity contribution in [2.24, 2.45) is 0 Å². The monoisotopic (exact) mass is 478 g/mol. The third-order valence-electron chi connectivity index (χ3n) is 7.60. The minimum atomic E-state index is -1.02. The van der Waals surface area contributed by atoms with Crippen LogP contribution in [0.3, 0.4) is 0 Å². The van der Waals surface area contributed by atoms with Gasteiger partial charge in [0.1, 0.15) is 12.1 Å². The Morgan fingerprint density at radius 1 is 0.971 bits per heavy atom. The summed E-state index contributed by atoms with van der Waals surface area (Å²) < 4.78 is 11.0. The van der Waals surface area contributed by atoms with Gasteiger partial charge in [0.15, 0.2) is 0 Å². The number of amides is 2. The molecule has 8 nitrogen and oxygen atoms in total. The first-order valence-electron chi connectivity index (χ1n) is 12.2. The fraction of sp³-hybridized carbons (Fsp3) is 0.444. The molecule has 2 N–H and O–H groups in total. The maximum atomic E-state index is 12.6. The molecule has 3 aliphatic rings. The molecule has 2 aromatic rings. The van der Waals surface area contributed by atoms with Crippen LogP contribution >= 0.6 is 0 Å². The number of carboxylic acid groups (broad SMARTS) is 1. The van der Waals surface area contributed by atoms with Crippen molar-refractivity contribution in [2.75, 3.05) is 26.4 Å². The molecule has 2 saturated heterocycles. The summed E-state index contributed by atoms with van der Waals surface area (Å²) in [6, 6.07) is 16.4. The smallest absolute Gasteiger partial charge is 0.407 e. The molecule has 2 aliphatic heterocycles. The number of ether oxygens (including phenoxy) is 2. The van der Waals surface area contributed by atoms with Crippen molar-refractivity contribution >= 4 is 18.0 Å². The van der Waals surface area contributed by atoms with Crippen molar-refractivity contribution in [3.05, 3.63) is 59.7 Å². The molecule has 1 aliphatic carbocycles. The van der Waals surface area contributed by atoms with Gasteiger partial charge < -0.3 is 24.8 Å². The molecule has 0 atom stereocenters. The average molecular weight is 479 g/mol. The van der Waals surface area contributed by atoms with E-state index < -0.39 is 17.6 Å². The van der Waals surface area contributed by atoms with Crippen molar-refractivity contribution in [3.8, 4) is 11.1 Å². The zero-order valence-electron chi connectivity index (χ0n) is 19.6. The zero-order valence-corrected chi connectivity index (χ0v) is 19.6. The normalized spacial score (nSPS) is 22.1. The number of nitrogens with zero attached hydrogens (tertiary/aromatic N) is 1. The Labute approximate surface area is 204 Å². The quantitative estimate of drug-likeness (QED) is 0.534. The van der Waals surface area contributed by atoms with Gasteiger partial charge in [0.25, 0.3) is 0 Å². The molecule has 5 rings (SSSR count). The van der Waals surface area contributed by atoms with Crippen LogP contribution in [0.15, 0.2) is 48.5 Å². The van der Waals surface area contributed by atoms with Crippen molar-refractivity contribution < 1.29 is 29.0 Å². The molecule has 0 radical (unpaired) electrons. The van der Waals surface area contributed by atoms with Gasteiger partial charge in [0.2, 0.25) is 5.91 Å². The first-order valence-corrected chi connectivity index (χ1v) is 12.2. The molecule has 0 spiro atoms.